The Balaban J connectivity index is 1.81. The van der Waals surface area contributed by atoms with Gasteiger partial charge in [-0.25, -0.2) is 8.42 Å². The van der Waals surface area contributed by atoms with Gasteiger partial charge in [-0.1, -0.05) is 11.6 Å². The Bertz CT molecular complexity index is 688. The summed E-state index contributed by atoms with van der Waals surface area (Å²) in [6.45, 7) is -0.0824. The number of sulfone groups is 1. The second-order valence-corrected chi connectivity index (χ2v) is 8.44. The molecule has 0 bridgehead atoms. The Hall–Kier alpha value is -1.60. The van der Waals surface area contributed by atoms with Crippen molar-refractivity contribution in [1.82, 2.24) is 4.90 Å². The molecule has 1 N–H and O–H groups in total. The predicted octanol–water partition coefficient (Wildman–Crippen LogP) is 1.56. The standard InChI is InChI=1S/C15H19ClN2O4S/c1-18(15(20)8-11-6-7-23(21,22)10-11)9-14(19)17-13-4-2-12(16)3-5-13/h2-5,11H,6-10H2,1H3,(H,17,19)/t11-/m1/s1. The molecule has 1 aromatic carbocycles. The molecule has 0 radical (unpaired) electrons. The average molecular weight is 359 g/mol. The first-order valence-electron chi connectivity index (χ1n) is 7.25. The van der Waals surface area contributed by atoms with Crippen LogP contribution in [0.5, 0.6) is 0 Å². The molecule has 0 aromatic heterocycles. The van der Waals surface area contributed by atoms with Crippen LogP contribution in [0.25, 0.3) is 0 Å². The number of carbonyl (C=O) groups excluding carboxylic acids is 2. The van der Waals surface area contributed by atoms with Crippen molar-refractivity contribution in [3.8, 4) is 0 Å². The fourth-order valence-corrected chi connectivity index (χ4v) is 4.46. The molecular formula is C15H19ClN2O4S. The van der Waals surface area contributed by atoms with Crippen LogP contribution in [0.4, 0.5) is 5.69 Å². The van der Waals surface area contributed by atoms with E-state index >= 15 is 0 Å². The molecule has 1 aliphatic rings. The first-order chi connectivity index (χ1) is 10.7. The molecule has 0 saturated carbocycles. The molecule has 1 aromatic rings. The second-order valence-electron chi connectivity index (χ2n) is 5.78. The first-order valence-corrected chi connectivity index (χ1v) is 9.45. The largest absolute Gasteiger partial charge is 0.336 e. The van der Waals surface area contributed by atoms with Gasteiger partial charge in [0.25, 0.3) is 0 Å². The molecular weight excluding hydrogens is 340 g/mol. The van der Waals surface area contributed by atoms with E-state index in [0.717, 1.165) is 0 Å². The SMILES string of the molecule is CN(CC(=O)Nc1ccc(Cl)cc1)C(=O)C[C@H]1CCS(=O)(=O)C1. The number of amides is 2. The van der Waals surface area contributed by atoms with Gasteiger partial charge in [-0.3, -0.25) is 9.59 Å². The molecule has 6 nitrogen and oxygen atoms in total. The Labute approximate surface area is 140 Å². The van der Waals surface area contributed by atoms with E-state index < -0.39 is 9.84 Å². The van der Waals surface area contributed by atoms with Gasteiger partial charge in [-0.2, -0.15) is 0 Å². The first kappa shape index (κ1) is 17.7. The summed E-state index contributed by atoms with van der Waals surface area (Å²) in [5.74, 6) is -0.482. The summed E-state index contributed by atoms with van der Waals surface area (Å²) in [6, 6.07) is 6.66. The molecule has 2 rings (SSSR count). The van der Waals surface area contributed by atoms with Gasteiger partial charge in [-0.15, -0.1) is 0 Å². The quantitative estimate of drug-likeness (QED) is 0.865. The van der Waals surface area contributed by atoms with E-state index in [2.05, 4.69) is 5.32 Å². The van der Waals surface area contributed by atoms with Crippen LogP contribution in [-0.2, 0) is 19.4 Å². The van der Waals surface area contributed by atoms with E-state index in [1.165, 1.54) is 11.9 Å². The van der Waals surface area contributed by atoms with Crippen LogP contribution in [0.3, 0.4) is 0 Å². The summed E-state index contributed by atoms with van der Waals surface area (Å²) >= 11 is 5.77. The number of likely N-dealkylation sites (N-methyl/N-ethyl adjacent to an activating group) is 1. The van der Waals surface area contributed by atoms with Crippen LogP contribution in [0, 0.1) is 5.92 Å². The number of nitrogens with one attached hydrogen (secondary N) is 1. The number of hydrogen-bond acceptors (Lipinski definition) is 4. The molecule has 1 fully saturated rings. The highest BCUT2D eigenvalue weighted by atomic mass is 35.5. The highest BCUT2D eigenvalue weighted by molar-refractivity contribution is 7.91. The van der Waals surface area contributed by atoms with Gasteiger partial charge in [0.2, 0.25) is 11.8 Å². The van der Waals surface area contributed by atoms with E-state index in [1.54, 1.807) is 24.3 Å². The second kappa shape index (κ2) is 7.31. The Morgan fingerprint density at radius 1 is 1.30 bits per heavy atom. The van der Waals surface area contributed by atoms with Crippen LogP contribution in [0.1, 0.15) is 12.8 Å². The van der Waals surface area contributed by atoms with Crippen molar-refractivity contribution in [2.45, 2.75) is 12.8 Å². The van der Waals surface area contributed by atoms with Gasteiger partial charge < -0.3 is 10.2 Å². The lowest BCUT2D eigenvalue weighted by Crippen LogP contribution is -2.35. The van der Waals surface area contributed by atoms with Crippen molar-refractivity contribution in [3.05, 3.63) is 29.3 Å². The van der Waals surface area contributed by atoms with Crippen LogP contribution in [-0.4, -0.2) is 50.2 Å². The fraction of sp³-hybridized carbons (Fsp3) is 0.467. The molecule has 0 aliphatic carbocycles. The van der Waals surface area contributed by atoms with Crippen molar-refractivity contribution in [3.63, 3.8) is 0 Å². The van der Waals surface area contributed by atoms with E-state index in [9.17, 15) is 18.0 Å². The molecule has 8 heteroatoms. The number of halogens is 1. The van der Waals surface area contributed by atoms with Gasteiger partial charge >= 0.3 is 0 Å². The predicted molar refractivity (Wildman–Crippen MR) is 89.1 cm³/mol. The third-order valence-electron chi connectivity index (χ3n) is 3.72. The molecule has 0 spiro atoms. The Kier molecular flexibility index (Phi) is 5.64. The summed E-state index contributed by atoms with van der Waals surface area (Å²) in [7, 11) is -1.46. The molecule has 126 valence electrons. The highest BCUT2D eigenvalue weighted by Gasteiger charge is 2.30. The van der Waals surface area contributed by atoms with Crippen LogP contribution in [0.15, 0.2) is 24.3 Å². The summed E-state index contributed by atoms with van der Waals surface area (Å²) in [6.07, 6.45) is 0.669. The van der Waals surface area contributed by atoms with Crippen molar-refractivity contribution >= 4 is 38.9 Å². The number of benzene rings is 1. The fourth-order valence-electron chi connectivity index (χ4n) is 2.47. The number of carbonyl (C=O) groups is 2. The Morgan fingerprint density at radius 2 is 1.96 bits per heavy atom. The lowest BCUT2D eigenvalue weighted by Gasteiger charge is -2.18. The van der Waals surface area contributed by atoms with E-state index in [0.29, 0.717) is 17.1 Å². The summed E-state index contributed by atoms with van der Waals surface area (Å²) in [4.78, 5) is 25.3. The van der Waals surface area contributed by atoms with Gasteiger partial charge in [0.15, 0.2) is 9.84 Å². The number of nitrogens with zero attached hydrogens (tertiary/aromatic N) is 1. The Morgan fingerprint density at radius 3 is 2.52 bits per heavy atom. The van der Waals surface area contributed by atoms with E-state index in [1.807, 2.05) is 0 Å². The minimum atomic E-state index is -2.99. The minimum absolute atomic E-state index is 0.0591. The molecule has 2 amide bonds. The van der Waals surface area contributed by atoms with Gasteiger partial charge in [0.1, 0.15) is 0 Å². The van der Waals surface area contributed by atoms with Gasteiger partial charge in [0, 0.05) is 24.2 Å². The zero-order valence-corrected chi connectivity index (χ0v) is 14.4. The van der Waals surface area contributed by atoms with Crippen LogP contribution in [0.2, 0.25) is 5.02 Å². The topological polar surface area (TPSA) is 83.6 Å². The van der Waals surface area contributed by atoms with Crippen molar-refractivity contribution in [2.75, 3.05) is 30.4 Å². The van der Waals surface area contributed by atoms with E-state index in [-0.39, 0.29) is 42.2 Å². The number of rotatable bonds is 5. The number of hydrogen-bond donors (Lipinski definition) is 1. The normalized spacial score (nSPS) is 19.3. The zero-order chi connectivity index (χ0) is 17.0. The van der Waals surface area contributed by atoms with Gasteiger partial charge in [0.05, 0.1) is 18.1 Å². The maximum Gasteiger partial charge on any atom is 0.243 e. The summed E-state index contributed by atoms with van der Waals surface area (Å²) < 4.78 is 22.8. The zero-order valence-electron chi connectivity index (χ0n) is 12.8. The van der Waals surface area contributed by atoms with Crippen LogP contribution < -0.4 is 5.32 Å². The number of anilines is 1. The van der Waals surface area contributed by atoms with Crippen molar-refractivity contribution in [1.29, 1.82) is 0 Å². The van der Waals surface area contributed by atoms with Gasteiger partial charge in [-0.05, 0) is 36.6 Å². The highest BCUT2D eigenvalue weighted by Crippen LogP contribution is 2.22. The smallest absolute Gasteiger partial charge is 0.243 e. The van der Waals surface area contributed by atoms with Crippen LogP contribution >= 0.6 is 11.6 Å². The monoisotopic (exact) mass is 358 g/mol. The van der Waals surface area contributed by atoms with E-state index in [4.69, 9.17) is 11.6 Å². The average Bonchev–Trinajstić information content (AvgIpc) is 2.80. The lowest BCUT2D eigenvalue weighted by molar-refractivity contribution is -0.134. The summed E-state index contributed by atoms with van der Waals surface area (Å²) in [5.41, 5.74) is 0.599. The molecule has 1 atom stereocenters. The maximum absolute atomic E-state index is 12.1. The molecule has 1 aliphatic heterocycles. The third-order valence-corrected chi connectivity index (χ3v) is 5.81. The lowest BCUT2D eigenvalue weighted by atomic mass is 10.0. The maximum atomic E-state index is 12.1. The molecule has 1 saturated heterocycles. The molecule has 0 unspecified atom stereocenters. The van der Waals surface area contributed by atoms with Crippen molar-refractivity contribution in [2.24, 2.45) is 5.92 Å². The third kappa shape index (κ3) is 5.51. The molecule has 23 heavy (non-hydrogen) atoms. The molecule has 1 heterocycles. The summed E-state index contributed by atoms with van der Waals surface area (Å²) in [5, 5.41) is 3.25. The van der Waals surface area contributed by atoms with Crippen molar-refractivity contribution < 1.29 is 18.0 Å². The minimum Gasteiger partial charge on any atom is -0.336 e.